The normalized spacial score (nSPS) is 11.1. The van der Waals surface area contributed by atoms with E-state index < -0.39 is 0 Å². The second kappa shape index (κ2) is 10.0. The molecule has 7 heteroatoms. The van der Waals surface area contributed by atoms with E-state index in [1.54, 1.807) is 36.4 Å². The van der Waals surface area contributed by atoms with Gasteiger partial charge in [-0.2, -0.15) is 5.10 Å². The number of esters is 1. The Morgan fingerprint density at radius 2 is 1.51 bits per heavy atom. The Balaban J connectivity index is 1.72. The standard InChI is InChI=1S/C28H23N5O2/c1-2-35-28(34)23-13-15-25(16-14-23)33-26(21-9-5-3-6-10-21)17-24(18-31-32-19-29-30-20-32)27(33)22-11-7-4-8-12-22/h3-20H,2H2,1H3/b31-18+. The molecule has 7 nitrogen and oxygen atoms in total. The Bertz CT molecular complexity index is 1440. The summed E-state index contributed by atoms with van der Waals surface area (Å²) < 4.78 is 8.90. The van der Waals surface area contributed by atoms with Gasteiger partial charge in [-0.05, 0) is 48.4 Å². The van der Waals surface area contributed by atoms with Gasteiger partial charge in [-0.3, -0.25) is 0 Å². The Morgan fingerprint density at radius 1 is 0.886 bits per heavy atom. The van der Waals surface area contributed by atoms with Crippen LogP contribution in [0.25, 0.3) is 28.2 Å². The number of carbonyl (C=O) groups excluding carboxylic acids is 1. The zero-order valence-corrected chi connectivity index (χ0v) is 19.2. The predicted octanol–water partition coefficient (Wildman–Crippen LogP) is 5.46. The summed E-state index contributed by atoms with van der Waals surface area (Å²) in [6.45, 7) is 2.14. The first-order chi connectivity index (χ1) is 17.2. The summed E-state index contributed by atoms with van der Waals surface area (Å²) in [4.78, 5) is 12.2. The van der Waals surface area contributed by atoms with Gasteiger partial charge in [0, 0.05) is 11.3 Å². The van der Waals surface area contributed by atoms with Crippen molar-refractivity contribution in [3.63, 3.8) is 0 Å². The van der Waals surface area contributed by atoms with Gasteiger partial charge in [0.15, 0.2) is 0 Å². The van der Waals surface area contributed by atoms with Gasteiger partial charge in [0.1, 0.15) is 12.7 Å². The van der Waals surface area contributed by atoms with E-state index in [4.69, 9.17) is 4.74 Å². The molecular formula is C28H23N5O2. The first-order valence-corrected chi connectivity index (χ1v) is 11.3. The van der Waals surface area contributed by atoms with Gasteiger partial charge >= 0.3 is 5.97 Å². The maximum absolute atomic E-state index is 12.2. The third-order valence-corrected chi connectivity index (χ3v) is 5.52. The van der Waals surface area contributed by atoms with Crippen LogP contribution in [0.15, 0.2) is 109 Å². The van der Waals surface area contributed by atoms with Crippen LogP contribution in [0, 0.1) is 0 Å². The van der Waals surface area contributed by atoms with Crippen LogP contribution in [0.2, 0.25) is 0 Å². The first-order valence-electron chi connectivity index (χ1n) is 11.3. The lowest BCUT2D eigenvalue weighted by Crippen LogP contribution is -2.05. The van der Waals surface area contributed by atoms with Crippen molar-refractivity contribution >= 4 is 12.2 Å². The van der Waals surface area contributed by atoms with Crippen LogP contribution in [0.5, 0.6) is 0 Å². The number of aromatic nitrogens is 4. The minimum atomic E-state index is -0.333. The van der Waals surface area contributed by atoms with Crippen LogP contribution in [0.1, 0.15) is 22.8 Å². The SMILES string of the molecule is CCOC(=O)c1ccc(-n2c(-c3ccccc3)cc(/C=N/n3cnnc3)c2-c2ccccc2)cc1. The van der Waals surface area contributed by atoms with Crippen LogP contribution < -0.4 is 0 Å². The molecule has 0 saturated heterocycles. The fourth-order valence-corrected chi connectivity index (χ4v) is 3.95. The lowest BCUT2D eigenvalue weighted by Gasteiger charge is -2.15. The smallest absolute Gasteiger partial charge is 0.338 e. The van der Waals surface area contributed by atoms with Crippen LogP contribution in [-0.2, 0) is 4.74 Å². The molecule has 172 valence electrons. The van der Waals surface area contributed by atoms with Crippen molar-refractivity contribution in [2.45, 2.75) is 6.92 Å². The number of ether oxygens (including phenoxy) is 1. The summed E-state index contributed by atoms with van der Waals surface area (Å²) in [7, 11) is 0. The van der Waals surface area contributed by atoms with Crippen molar-refractivity contribution in [2.75, 3.05) is 6.61 Å². The van der Waals surface area contributed by atoms with E-state index >= 15 is 0 Å². The van der Waals surface area contributed by atoms with Crippen molar-refractivity contribution in [1.29, 1.82) is 0 Å². The first kappa shape index (κ1) is 22.0. The second-order valence-corrected chi connectivity index (χ2v) is 7.75. The molecule has 0 fully saturated rings. The third-order valence-electron chi connectivity index (χ3n) is 5.52. The fraction of sp³-hybridized carbons (Fsp3) is 0.0714. The van der Waals surface area contributed by atoms with Crippen LogP contribution in [0.4, 0.5) is 0 Å². The largest absolute Gasteiger partial charge is 0.462 e. The number of hydrogen-bond donors (Lipinski definition) is 0. The van der Waals surface area contributed by atoms with Crippen molar-refractivity contribution in [3.8, 4) is 28.2 Å². The maximum atomic E-state index is 12.2. The lowest BCUT2D eigenvalue weighted by molar-refractivity contribution is 0.0526. The van der Waals surface area contributed by atoms with Crippen LogP contribution in [-0.4, -0.2) is 38.2 Å². The summed E-state index contributed by atoms with van der Waals surface area (Å²) in [5, 5.41) is 12.2. The van der Waals surface area contributed by atoms with Crippen molar-refractivity contribution in [3.05, 3.63) is 115 Å². The third kappa shape index (κ3) is 4.65. The molecule has 0 aliphatic heterocycles. The van der Waals surface area contributed by atoms with Gasteiger partial charge < -0.3 is 9.30 Å². The zero-order chi connectivity index (χ0) is 24.0. The highest BCUT2D eigenvalue weighted by molar-refractivity contribution is 5.94. The zero-order valence-electron chi connectivity index (χ0n) is 19.2. The quantitative estimate of drug-likeness (QED) is 0.238. The fourth-order valence-electron chi connectivity index (χ4n) is 3.95. The van der Waals surface area contributed by atoms with E-state index in [1.165, 1.54) is 0 Å². The maximum Gasteiger partial charge on any atom is 0.338 e. The molecule has 0 unspecified atom stereocenters. The number of carbonyl (C=O) groups is 1. The summed E-state index contributed by atoms with van der Waals surface area (Å²) in [6.07, 6.45) is 4.89. The topological polar surface area (TPSA) is 74.3 Å². The van der Waals surface area contributed by atoms with Gasteiger partial charge in [0.2, 0.25) is 0 Å². The average Bonchev–Trinajstić information content (AvgIpc) is 3.57. The summed E-state index contributed by atoms with van der Waals surface area (Å²) in [5.74, 6) is -0.333. The summed E-state index contributed by atoms with van der Waals surface area (Å²) in [6, 6.07) is 29.9. The van der Waals surface area contributed by atoms with E-state index in [2.05, 4.69) is 50.2 Å². The van der Waals surface area contributed by atoms with Gasteiger partial charge in [-0.15, -0.1) is 10.2 Å². The number of nitrogens with zero attached hydrogens (tertiary/aromatic N) is 5. The molecule has 0 aliphatic rings. The molecule has 0 radical (unpaired) electrons. The molecule has 5 aromatic rings. The van der Waals surface area contributed by atoms with Gasteiger partial charge in [0.05, 0.1) is 29.8 Å². The van der Waals surface area contributed by atoms with Crippen LogP contribution in [0.3, 0.4) is 0 Å². The van der Waals surface area contributed by atoms with Crippen LogP contribution >= 0.6 is 0 Å². The molecule has 0 aliphatic carbocycles. The second-order valence-electron chi connectivity index (χ2n) is 7.75. The molecule has 0 bridgehead atoms. The molecule has 35 heavy (non-hydrogen) atoms. The molecule has 0 saturated carbocycles. The summed E-state index contributed by atoms with van der Waals surface area (Å²) in [5.41, 5.74) is 6.43. The minimum Gasteiger partial charge on any atom is -0.462 e. The molecule has 2 aromatic heterocycles. The monoisotopic (exact) mass is 461 g/mol. The van der Waals surface area contributed by atoms with Gasteiger partial charge in [-0.1, -0.05) is 60.7 Å². The Morgan fingerprint density at radius 3 is 2.14 bits per heavy atom. The average molecular weight is 462 g/mol. The molecular weight excluding hydrogens is 438 g/mol. The van der Waals surface area contributed by atoms with E-state index in [0.717, 1.165) is 33.8 Å². The highest BCUT2D eigenvalue weighted by Crippen LogP contribution is 2.35. The molecule has 0 atom stereocenters. The molecule has 5 rings (SSSR count). The van der Waals surface area contributed by atoms with E-state index in [1.807, 2.05) is 54.7 Å². The molecule has 3 aromatic carbocycles. The van der Waals surface area contributed by atoms with E-state index in [-0.39, 0.29) is 5.97 Å². The number of rotatable bonds is 7. The lowest BCUT2D eigenvalue weighted by atomic mass is 10.1. The van der Waals surface area contributed by atoms with Crippen molar-refractivity contribution in [1.82, 2.24) is 19.4 Å². The van der Waals surface area contributed by atoms with E-state index in [9.17, 15) is 4.79 Å². The highest BCUT2D eigenvalue weighted by atomic mass is 16.5. The minimum absolute atomic E-state index is 0.333. The Labute approximate surface area is 203 Å². The van der Waals surface area contributed by atoms with Gasteiger partial charge in [-0.25, -0.2) is 9.47 Å². The number of hydrogen-bond acceptors (Lipinski definition) is 5. The predicted molar refractivity (Wildman–Crippen MR) is 136 cm³/mol. The highest BCUT2D eigenvalue weighted by Gasteiger charge is 2.19. The molecule has 2 heterocycles. The molecule has 0 N–H and O–H groups in total. The Kier molecular flexibility index (Phi) is 6.30. The summed E-state index contributed by atoms with van der Waals surface area (Å²) >= 11 is 0. The Hall–Kier alpha value is -4.78. The molecule has 0 amide bonds. The molecule has 0 spiro atoms. The van der Waals surface area contributed by atoms with E-state index in [0.29, 0.717) is 12.2 Å². The number of benzene rings is 3. The van der Waals surface area contributed by atoms with Crippen molar-refractivity contribution in [2.24, 2.45) is 5.10 Å². The van der Waals surface area contributed by atoms with Crippen molar-refractivity contribution < 1.29 is 9.53 Å². The van der Waals surface area contributed by atoms with Gasteiger partial charge in [0.25, 0.3) is 0 Å².